The molecular formula is C15H21NO2. The van der Waals surface area contributed by atoms with Crippen molar-refractivity contribution in [3.8, 4) is 0 Å². The van der Waals surface area contributed by atoms with Gasteiger partial charge in [-0.25, -0.2) is 0 Å². The van der Waals surface area contributed by atoms with E-state index in [2.05, 4.69) is 18.2 Å². The molecule has 0 saturated carbocycles. The van der Waals surface area contributed by atoms with Crippen LogP contribution < -0.4 is 5.73 Å². The first-order valence-corrected chi connectivity index (χ1v) is 6.71. The second-order valence-electron chi connectivity index (χ2n) is 4.86. The predicted octanol–water partition coefficient (Wildman–Crippen LogP) is 2.00. The van der Waals surface area contributed by atoms with Crippen LogP contribution in [0.3, 0.4) is 0 Å². The molecule has 18 heavy (non-hydrogen) atoms. The molecule has 1 atom stereocenters. The number of aryl methyl sites for hydroxylation is 1. The number of ether oxygens (including phenoxy) is 1. The monoisotopic (exact) mass is 247 g/mol. The van der Waals surface area contributed by atoms with Gasteiger partial charge < -0.3 is 10.5 Å². The van der Waals surface area contributed by atoms with Crippen LogP contribution in [-0.4, -0.2) is 18.6 Å². The molecular weight excluding hydrogens is 226 g/mol. The van der Waals surface area contributed by atoms with Crippen LogP contribution in [0, 0.1) is 0 Å². The number of esters is 1. The van der Waals surface area contributed by atoms with E-state index in [1.807, 2.05) is 6.92 Å². The van der Waals surface area contributed by atoms with Crippen LogP contribution in [0.4, 0.5) is 0 Å². The van der Waals surface area contributed by atoms with Crippen molar-refractivity contribution >= 4 is 5.97 Å². The van der Waals surface area contributed by atoms with Crippen LogP contribution >= 0.6 is 0 Å². The average molecular weight is 247 g/mol. The molecule has 0 spiro atoms. The van der Waals surface area contributed by atoms with Gasteiger partial charge in [0, 0.05) is 12.5 Å². The Balaban J connectivity index is 2.05. The Morgan fingerprint density at radius 3 is 3.11 bits per heavy atom. The Labute approximate surface area is 108 Å². The van der Waals surface area contributed by atoms with Gasteiger partial charge in [0.2, 0.25) is 0 Å². The van der Waals surface area contributed by atoms with Gasteiger partial charge >= 0.3 is 5.97 Å². The van der Waals surface area contributed by atoms with Crippen molar-refractivity contribution in [2.75, 3.05) is 6.61 Å². The van der Waals surface area contributed by atoms with Crippen molar-refractivity contribution < 1.29 is 9.53 Å². The number of carbonyl (C=O) groups is 1. The topological polar surface area (TPSA) is 52.3 Å². The Hall–Kier alpha value is -1.35. The van der Waals surface area contributed by atoms with E-state index in [4.69, 9.17) is 10.5 Å². The second-order valence-corrected chi connectivity index (χ2v) is 4.86. The van der Waals surface area contributed by atoms with Gasteiger partial charge in [0.15, 0.2) is 0 Å². The fourth-order valence-corrected chi connectivity index (χ4v) is 2.62. The van der Waals surface area contributed by atoms with Gasteiger partial charge in [0.25, 0.3) is 0 Å². The molecule has 1 aliphatic rings. The van der Waals surface area contributed by atoms with E-state index in [0.717, 1.165) is 25.7 Å². The molecule has 3 nitrogen and oxygen atoms in total. The molecule has 1 unspecified atom stereocenters. The van der Waals surface area contributed by atoms with Crippen molar-refractivity contribution in [2.24, 2.45) is 5.73 Å². The largest absolute Gasteiger partial charge is 0.466 e. The lowest BCUT2D eigenvalue weighted by atomic mass is 9.85. The molecule has 98 valence electrons. The summed E-state index contributed by atoms with van der Waals surface area (Å²) in [6, 6.07) is 6.63. The predicted molar refractivity (Wildman–Crippen MR) is 71.4 cm³/mol. The maximum atomic E-state index is 11.4. The third-order valence-electron chi connectivity index (χ3n) is 3.52. The van der Waals surface area contributed by atoms with Crippen molar-refractivity contribution in [3.63, 3.8) is 0 Å². The highest BCUT2D eigenvalue weighted by molar-refractivity contribution is 5.69. The first-order valence-electron chi connectivity index (χ1n) is 6.71. The van der Waals surface area contributed by atoms with Gasteiger partial charge in [-0.3, -0.25) is 4.79 Å². The van der Waals surface area contributed by atoms with Crippen LogP contribution in [0.25, 0.3) is 0 Å². The summed E-state index contributed by atoms with van der Waals surface area (Å²) in [6.07, 6.45) is 4.29. The smallest absolute Gasteiger partial charge is 0.306 e. The zero-order valence-corrected chi connectivity index (χ0v) is 10.9. The number of rotatable bonds is 4. The van der Waals surface area contributed by atoms with Gasteiger partial charge in [-0.1, -0.05) is 18.2 Å². The molecule has 1 aromatic carbocycles. The van der Waals surface area contributed by atoms with Gasteiger partial charge in [0.05, 0.1) is 6.61 Å². The van der Waals surface area contributed by atoms with E-state index in [1.165, 1.54) is 16.7 Å². The second kappa shape index (κ2) is 6.01. The summed E-state index contributed by atoms with van der Waals surface area (Å²) in [4.78, 5) is 11.4. The van der Waals surface area contributed by atoms with E-state index < -0.39 is 0 Å². The summed E-state index contributed by atoms with van der Waals surface area (Å²) >= 11 is 0. The highest BCUT2D eigenvalue weighted by Crippen LogP contribution is 2.25. The summed E-state index contributed by atoms with van der Waals surface area (Å²) in [5.74, 6) is -0.109. The number of carbonyl (C=O) groups excluding carboxylic acids is 1. The lowest BCUT2D eigenvalue weighted by molar-refractivity contribution is -0.143. The minimum atomic E-state index is -0.109. The number of hydrogen-bond donors (Lipinski definition) is 1. The molecule has 3 heteroatoms. The molecule has 1 aliphatic carbocycles. The third kappa shape index (κ3) is 3.10. The number of nitrogens with two attached hydrogens (primary N) is 1. The fraction of sp³-hybridized carbons (Fsp3) is 0.533. The Bertz CT molecular complexity index is 429. The minimum Gasteiger partial charge on any atom is -0.466 e. The maximum absolute atomic E-state index is 11.4. The van der Waals surface area contributed by atoms with Gasteiger partial charge in [-0.2, -0.15) is 0 Å². The first kappa shape index (κ1) is 13.1. The molecule has 0 aliphatic heterocycles. The quantitative estimate of drug-likeness (QED) is 0.828. The maximum Gasteiger partial charge on any atom is 0.306 e. The molecule has 0 aromatic heterocycles. The molecule has 0 bridgehead atoms. The molecule has 0 fully saturated rings. The van der Waals surface area contributed by atoms with Crippen LogP contribution in [-0.2, 0) is 28.8 Å². The van der Waals surface area contributed by atoms with Crippen LogP contribution in [0.5, 0.6) is 0 Å². The fourth-order valence-electron chi connectivity index (χ4n) is 2.62. The normalized spacial score (nSPS) is 18.2. The van der Waals surface area contributed by atoms with Gasteiger partial charge in [0.1, 0.15) is 0 Å². The summed E-state index contributed by atoms with van der Waals surface area (Å²) in [5, 5.41) is 0. The Morgan fingerprint density at radius 1 is 1.50 bits per heavy atom. The summed E-state index contributed by atoms with van der Waals surface area (Å²) < 4.78 is 4.97. The van der Waals surface area contributed by atoms with Gasteiger partial charge in [-0.05, 0) is 49.3 Å². The highest BCUT2D eigenvalue weighted by atomic mass is 16.5. The molecule has 2 N–H and O–H groups in total. The standard InChI is InChI=1S/C15H21NO2/c1-2-18-15(17)9-6-11-4-3-5-12-10-13(16)7-8-14(11)12/h3-5,13H,2,6-10,16H2,1H3. The molecule has 1 aromatic rings. The summed E-state index contributed by atoms with van der Waals surface area (Å²) in [7, 11) is 0. The lowest BCUT2D eigenvalue weighted by Gasteiger charge is -2.23. The SMILES string of the molecule is CCOC(=O)CCc1cccc2c1CCC(N)C2. The van der Waals surface area contributed by atoms with Crippen molar-refractivity contribution in [1.82, 2.24) is 0 Å². The number of hydrogen-bond acceptors (Lipinski definition) is 3. The average Bonchev–Trinajstić information content (AvgIpc) is 2.36. The Morgan fingerprint density at radius 2 is 2.33 bits per heavy atom. The number of benzene rings is 1. The van der Waals surface area contributed by atoms with E-state index in [-0.39, 0.29) is 12.0 Å². The van der Waals surface area contributed by atoms with Crippen molar-refractivity contribution in [3.05, 3.63) is 34.9 Å². The highest BCUT2D eigenvalue weighted by Gasteiger charge is 2.18. The van der Waals surface area contributed by atoms with Crippen molar-refractivity contribution in [2.45, 2.75) is 45.1 Å². The van der Waals surface area contributed by atoms with E-state index in [9.17, 15) is 4.79 Å². The van der Waals surface area contributed by atoms with E-state index >= 15 is 0 Å². The number of fused-ring (bicyclic) bond motifs is 1. The zero-order chi connectivity index (χ0) is 13.0. The first-order chi connectivity index (χ1) is 8.70. The summed E-state index contributed by atoms with van der Waals surface area (Å²) in [5.41, 5.74) is 10.0. The Kier molecular flexibility index (Phi) is 4.37. The van der Waals surface area contributed by atoms with Crippen LogP contribution in [0.1, 0.15) is 36.5 Å². The molecule has 0 radical (unpaired) electrons. The molecule has 0 saturated heterocycles. The van der Waals surface area contributed by atoms with E-state index in [0.29, 0.717) is 13.0 Å². The lowest BCUT2D eigenvalue weighted by Crippen LogP contribution is -2.28. The molecule has 0 amide bonds. The van der Waals surface area contributed by atoms with Crippen LogP contribution in [0.15, 0.2) is 18.2 Å². The molecule has 2 rings (SSSR count). The van der Waals surface area contributed by atoms with E-state index in [1.54, 1.807) is 0 Å². The third-order valence-corrected chi connectivity index (χ3v) is 3.52. The zero-order valence-electron chi connectivity index (χ0n) is 10.9. The van der Waals surface area contributed by atoms with Gasteiger partial charge in [-0.15, -0.1) is 0 Å². The minimum absolute atomic E-state index is 0.109. The van der Waals surface area contributed by atoms with Crippen LogP contribution in [0.2, 0.25) is 0 Å². The summed E-state index contributed by atoms with van der Waals surface area (Å²) in [6.45, 7) is 2.30. The van der Waals surface area contributed by atoms with Crippen molar-refractivity contribution in [1.29, 1.82) is 0 Å². The molecule has 0 heterocycles.